The van der Waals surface area contributed by atoms with E-state index in [1.54, 1.807) is 12.1 Å². The zero-order valence-electron chi connectivity index (χ0n) is 17.9. The van der Waals surface area contributed by atoms with E-state index in [9.17, 15) is 9.59 Å². The Kier molecular flexibility index (Phi) is 9.62. The molecule has 0 aromatic heterocycles. The van der Waals surface area contributed by atoms with Crippen LogP contribution in [-0.2, 0) is 4.79 Å². The number of nitrogens with one attached hydrogen (secondary N) is 2. The number of amides is 2. The minimum absolute atomic E-state index is 0. The Labute approximate surface area is 183 Å². The zero-order valence-corrected chi connectivity index (χ0v) is 18.8. The lowest BCUT2D eigenvalue weighted by molar-refractivity contribution is -0.114. The van der Waals surface area contributed by atoms with Crippen LogP contribution < -0.4 is 25.8 Å². The van der Waals surface area contributed by atoms with E-state index in [1.807, 2.05) is 12.1 Å². The highest BCUT2D eigenvalue weighted by Crippen LogP contribution is 2.36. The van der Waals surface area contributed by atoms with Gasteiger partial charge in [-0.3, -0.25) is 9.59 Å². The number of methoxy groups -OCH3 is 2. The topological polar surface area (TPSA) is 103 Å². The number of hydrogen-bond acceptors (Lipinski definition) is 5. The Morgan fingerprint density at radius 2 is 1.63 bits per heavy atom. The van der Waals surface area contributed by atoms with E-state index in [0.29, 0.717) is 28.7 Å². The summed E-state index contributed by atoms with van der Waals surface area (Å²) in [4.78, 5) is 24.1. The van der Waals surface area contributed by atoms with Crippen LogP contribution in [-0.4, -0.2) is 32.6 Å². The van der Waals surface area contributed by atoms with Gasteiger partial charge in [0, 0.05) is 25.1 Å². The van der Waals surface area contributed by atoms with Gasteiger partial charge < -0.3 is 25.8 Å². The van der Waals surface area contributed by atoms with Gasteiger partial charge in [-0.05, 0) is 29.2 Å². The number of halogens is 1. The highest BCUT2D eigenvalue weighted by molar-refractivity contribution is 5.99. The highest BCUT2D eigenvalue weighted by Gasteiger charge is 2.18. The van der Waals surface area contributed by atoms with Crippen molar-refractivity contribution in [3.63, 3.8) is 0 Å². The second kappa shape index (κ2) is 11.4. The van der Waals surface area contributed by atoms with Crippen LogP contribution in [0.5, 0.6) is 11.5 Å². The van der Waals surface area contributed by atoms with Crippen LogP contribution in [0.4, 0.5) is 5.69 Å². The summed E-state index contributed by atoms with van der Waals surface area (Å²) in [5, 5.41) is 5.48. The molecule has 1 atom stereocenters. The molecule has 0 aliphatic carbocycles. The van der Waals surface area contributed by atoms with Crippen molar-refractivity contribution in [2.45, 2.75) is 32.7 Å². The van der Waals surface area contributed by atoms with Crippen LogP contribution in [0.15, 0.2) is 36.4 Å². The molecular formula is C22H30ClN3O4. The predicted octanol–water partition coefficient (Wildman–Crippen LogP) is 3.64. The van der Waals surface area contributed by atoms with Crippen LogP contribution in [0.1, 0.15) is 54.2 Å². The fourth-order valence-electron chi connectivity index (χ4n) is 2.93. The summed E-state index contributed by atoms with van der Waals surface area (Å²) in [5.41, 5.74) is 9.10. The van der Waals surface area contributed by atoms with E-state index in [2.05, 4.69) is 36.6 Å². The molecule has 8 heteroatoms. The molecule has 2 rings (SSSR count). The Morgan fingerprint density at radius 3 is 2.13 bits per heavy atom. The molecule has 1 unspecified atom stereocenters. The maximum absolute atomic E-state index is 12.7. The summed E-state index contributed by atoms with van der Waals surface area (Å²) in [5.74, 6) is 0.531. The first kappa shape index (κ1) is 25.3. The SMILES string of the molecule is COc1cc(C(=O)NCC(N)c2ccc(C(C)C)cc2)cc(NC(C)=O)c1OC.Cl. The van der Waals surface area contributed by atoms with Gasteiger partial charge in [0.2, 0.25) is 5.91 Å². The lowest BCUT2D eigenvalue weighted by atomic mass is 9.99. The van der Waals surface area contributed by atoms with Crippen molar-refractivity contribution in [2.75, 3.05) is 26.1 Å². The number of nitrogens with two attached hydrogens (primary N) is 1. The van der Waals surface area contributed by atoms with Gasteiger partial charge in [0.25, 0.3) is 5.91 Å². The smallest absolute Gasteiger partial charge is 0.251 e. The van der Waals surface area contributed by atoms with Crippen molar-refractivity contribution in [3.05, 3.63) is 53.1 Å². The van der Waals surface area contributed by atoms with Crippen molar-refractivity contribution in [1.82, 2.24) is 5.32 Å². The number of carbonyl (C=O) groups is 2. The fourth-order valence-corrected chi connectivity index (χ4v) is 2.93. The summed E-state index contributed by atoms with van der Waals surface area (Å²) in [6, 6.07) is 10.8. The summed E-state index contributed by atoms with van der Waals surface area (Å²) in [6.07, 6.45) is 0. The standard InChI is InChI=1S/C22H29N3O4.ClH/c1-13(2)15-6-8-16(9-7-15)18(23)12-24-22(27)17-10-19(25-14(3)26)21(29-5)20(11-17)28-4;/h6-11,13,18H,12,23H2,1-5H3,(H,24,27)(H,25,26);1H. The Balaban J connectivity index is 0.00000450. The third-order valence-corrected chi connectivity index (χ3v) is 4.57. The van der Waals surface area contributed by atoms with Gasteiger partial charge in [0.05, 0.1) is 19.9 Å². The van der Waals surface area contributed by atoms with Gasteiger partial charge in [-0.25, -0.2) is 0 Å². The quantitative estimate of drug-likeness (QED) is 0.587. The van der Waals surface area contributed by atoms with Gasteiger partial charge in [-0.1, -0.05) is 38.1 Å². The van der Waals surface area contributed by atoms with Crippen LogP contribution in [0.25, 0.3) is 0 Å². The van der Waals surface area contributed by atoms with Gasteiger partial charge in [-0.15, -0.1) is 12.4 Å². The average Bonchev–Trinajstić information content (AvgIpc) is 2.70. The second-order valence-electron chi connectivity index (χ2n) is 7.08. The number of benzene rings is 2. The van der Waals surface area contributed by atoms with Crippen LogP contribution in [0.3, 0.4) is 0 Å². The van der Waals surface area contributed by atoms with Crippen molar-refractivity contribution < 1.29 is 19.1 Å². The van der Waals surface area contributed by atoms with Crippen LogP contribution >= 0.6 is 12.4 Å². The summed E-state index contributed by atoms with van der Waals surface area (Å²) in [6.45, 7) is 5.91. The van der Waals surface area contributed by atoms with E-state index in [4.69, 9.17) is 15.2 Å². The number of rotatable bonds is 8. The molecule has 2 amide bonds. The molecule has 2 aromatic rings. The maximum atomic E-state index is 12.7. The molecule has 2 aromatic carbocycles. The number of hydrogen-bond donors (Lipinski definition) is 3. The lowest BCUT2D eigenvalue weighted by Gasteiger charge is -2.17. The average molecular weight is 436 g/mol. The van der Waals surface area contributed by atoms with Crippen molar-refractivity contribution in [3.8, 4) is 11.5 Å². The van der Waals surface area contributed by atoms with Crippen LogP contribution in [0, 0.1) is 0 Å². The molecule has 7 nitrogen and oxygen atoms in total. The largest absolute Gasteiger partial charge is 0.493 e. The number of ether oxygens (including phenoxy) is 2. The molecule has 0 bridgehead atoms. The first-order valence-electron chi connectivity index (χ1n) is 9.44. The minimum atomic E-state index is -0.338. The molecular weight excluding hydrogens is 406 g/mol. The lowest BCUT2D eigenvalue weighted by Crippen LogP contribution is -2.32. The Hall–Kier alpha value is -2.77. The van der Waals surface area contributed by atoms with Crippen molar-refractivity contribution >= 4 is 29.9 Å². The summed E-state index contributed by atoms with van der Waals surface area (Å²) in [7, 11) is 2.93. The van der Waals surface area contributed by atoms with Crippen molar-refractivity contribution in [2.24, 2.45) is 5.73 Å². The van der Waals surface area contributed by atoms with E-state index in [1.165, 1.54) is 26.7 Å². The molecule has 0 saturated heterocycles. The van der Waals surface area contributed by atoms with E-state index >= 15 is 0 Å². The second-order valence-corrected chi connectivity index (χ2v) is 7.08. The Bertz CT molecular complexity index is 869. The molecule has 0 aliphatic rings. The molecule has 0 heterocycles. The third-order valence-electron chi connectivity index (χ3n) is 4.57. The number of anilines is 1. The molecule has 0 radical (unpaired) electrons. The first-order valence-corrected chi connectivity index (χ1v) is 9.44. The molecule has 4 N–H and O–H groups in total. The highest BCUT2D eigenvalue weighted by atomic mass is 35.5. The molecule has 0 saturated carbocycles. The van der Waals surface area contributed by atoms with E-state index in [-0.39, 0.29) is 36.8 Å². The Morgan fingerprint density at radius 1 is 1.03 bits per heavy atom. The molecule has 0 aliphatic heterocycles. The van der Waals surface area contributed by atoms with Gasteiger partial charge >= 0.3 is 0 Å². The first-order chi connectivity index (χ1) is 13.8. The van der Waals surface area contributed by atoms with E-state index < -0.39 is 0 Å². The monoisotopic (exact) mass is 435 g/mol. The third kappa shape index (κ3) is 6.37. The van der Waals surface area contributed by atoms with Gasteiger partial charge in [0.15, 0.2) is 11.5 Å². The minimum Gasteiger partial charge on any atom is -0.493 e. The van der Waals surface area contributed by atoms with Gasteiger partial charge in [-0.2, -0.15) is 0 Å². The normalized spacial score (nSPS) is 11.3. The molecule has 30 heavy (non-hydrogen) atoms. The molecule has 164 valence electrons. The van der Waals surface area contributed by atoms with Gasteiger partial charge in [0.1, 0.15) is 0 Å². The number of carbonyl (C=O) groups excluding carboxylic acids is 2. The van der Waals surface area contributed by atoms with E-state index in [0.717, 1.165) is 5.56 Å². The molecule has 0 spiro atoms. The predicted molar refractivity (Wildman–Crippen MR) is 121 cm³/mol. The molecule has 0 fully saturated rings. The summed E-state index contributed by atoms with van der Waals surface area (Å²) >= 11 is 0. The van der Waals surface area contributed by atoms with Crippen molar-refractivity contribution in [1.29, 1.82) is 0 Å². The zero-order chi connectivity index (χ0) is 21.6. The summed E-state index contributed by atoms with van der Waals surface area (Å²) < 4.78 is 10.6. The maximum Gasteiger partial charge on any atom is 0.251 e. The fraction of sp³-hybridized carbons (Fsp3) is 0.364. The van der Waals surface area contributed by atoms with Crippen LogP contribution in [0.2, 0.25) is 0 Å².